The van der Waals surface area contributed by atoms with Gasteiger partial charge in [0.1, 0.15) is 0 Å². The Morgan fingerprint density at radius 3 is 2.68 bits per heavy atom. The number of nitrogens with zero attached hydrogens (tertiary/aromatic N) is 2. The third-order valence-electron chi connectivity index (χ3n) is 4.87. The van der Waals surface area contributed by atoms with Gasteiger partial charge in [-0.3, -0.25) is 4.99 Å². The van der Waals surface area contributed by atoms with Gasteiger partial charge in [-0.25, -0.2) is 8.78 Å². The maximum atomic E-state index is 13.4. The lowest BCUT2D eigenvalue weighted by Crippen LogP contribution is -2.41. The molecule has 1 atom stereocenters. The zero-order valence-corrected chi connectivity index (χ0v) is 15.4. The number of halogens is 2. The van der Waals surface area contributed by atoms with E-state index in [0.29, 0.717) is 6.54 Å². The molecular formula is C19H29F2N3O. The van der Waals surface area contributed by atoms with E-state index in [0.717, 1.165) is 56.5 Å². The third-order valence-corrected chi connectivity index (χ3v) is 4.87. The van der Waals surface area contributed by atoms with Crippen LogP contribution in [0.3, 0.4) is 0 Å². The van der Waals surface area contributed by atoms with Crippen LogP contribution in [0.25, 0.3) is 0 Å². The molecule has 1 heterocycles. The topological polar surface area (TPSA) is 36.9 Å². The molecule has 0 bridgehead atoms. The van der Waals surface area contributed by atoms with Gasteiger partial charge in [0.15, 0.2) is 17.6 Å². The zero-order valence-electron chi connectivity index (χ0n) is 15.4. The Hall–Kier alpha value is -1.69. The third kappa shape index (κ3) is 5.96. The molecule has 2 rings (SSSR count). The number of hydrogen-bond donors (Lipinski definition) is 1. The van der Waals surface area contributed by atoms with Crippen molar-refractivity contribution in [3.63, 3.8) is 0 Å². The summed E-state index contributed by atoms with van der Waals surface area (Å²) in [5, 5.41) is 3.32. The van der Waals surface area contributed by atoms with Crippen molar-refractivity contribution in [1.29, 1.82) is 0 Å². The van der Waals surface area contributed by atoms with Crippen molar-refractivity contribution < 1.29 is 13.5 Å². The molecule has 1 aliphatic heterocycles. The fourth-order valence-electron chi connectivity index (χ4n) is 3.08. The standard InChI is InChI=1S/C19H29F2N3O/c1-14(16-4-5-17(20)18(21)12-16)13-23-19(22-2)24(3)9-6-15-7-10-25-11-8-15/h4-5,12,14-15H,6-11,13H2,1-3H3,(H,22,23). The smallest absolute Gasteiger partial charge is 0.193 e. The molecule has 1 aromatic carbocycles. The SMILES string of the molecule is CN=C(NCC(C)c1ccc(F)c(F)c1)N(C)CCC1CCOCC1. The van der Waals surface area contributed by atoms with Gasteiger partial charge in [0.25, 0.3) is 0 Å². The molecule has 1 unspecified atom stereocenters. The molecule has 1 aliphatic rings. The Balaban J connectivity index is 1.80. The summed E-state index contributed by atoms with van der Waals surface area (Å²) in [4.78, 5) is 6.44. The molecule has 6 heteroatoms. The van der Waals surface area contributed by atoms with Crippen LogP contribution in [0.15, 0.2) is 23.2 Å². The average molecular weight is 353 g/mol. The Kier molecular flexibility index (Phi) is 7.62. The number of ether oxygens (including phenoxy) is 1. The van der Waals surface area contributed by atoms with Crippen molar-refractivity contribution in [2.75, 3.05) is 40.4 Å². The molecule has 0 amide bonds. The van der Waals surface area contributed by atoms with E-state index < -0.39 is 11.6 Å². The van der Waals surface area contributed by atoms with E-state index in [1.165, 1.54) is 12.1 Å². The molecule has 1 saturated heterocycles. The lowest BCUT2D eigenvalue weighted by Gasteiger charge is -2.27. The number of guanidine groups is 1. The Morgan fingerprint density at radius 2 is 2.04 bits per heavy atom. The van der Waals surface area contributed by atoms with Gasteiger partial charge < -0.3 is 15.0 Å². The second kappa shape index (κ2) is 9.70. The molecule has 140 valence electrons. The molecule has 0 radical (unpaired) electrons. The normalized spacial score (nSPS) is 17.4. The monoisotopic (exact) mass is 353 g/mol. The summed E-state index contributed by atoms with van der Waals surface area (Å²) in [5.41, 5.74) is 0.770. The summed E-state index contributed by atoms with van der Waals surface area (Å²) in [5.74, 6) is -0.0254. The van der Waals surface area contributed by atoms with E-state index in [2.05, 4.69) is 15.2 Å². The Morgan fingerprint density at radius 1 is 1.32 bits per heavy atom. The van der Waals surface area contributed by atoms with Gasteiger partial charge in [-0.2, -0.15) is 0 Å². The zero-order chi connectivity index (χ0) is 18.2. The lowest BCUT2D eigenvalue weighted by molar-refractivity contribution is 0.0625. The van der Waals surface area contributed by atoms with Crippen LogP contribution in [0.5, 0.6) is 0 Å². The van der Waals surface area contributed by atoms with E-state index in [9.17, 15) is 8.78 Å². The van der Waals surface area contributed by atoms with Crippen molar-refractivity contribution in [3.05, 3.63) is 35.4 Å². The Bertz CT molecular complexity index is 574. The van der Waals surface area contributed by atoms with Crippen LogP contribution in [-0.4, -0.2) is 51.3 Å². The highest BCUT2D eigenvalue weighted by Crippen LogP contribution is 2.19. The minimum atomic E-state index is -0.812. The molecule has 1 N–H and O–H groups in total. The minimum absolute atomic E-state index is 0.0516. The predicted molar refractivity (Wildman–Crippen MR) is 96.9 cm³/mol. The molecular weight excluding hydrogens is 324 g/mol. The summed E-state index contributed by atoms with van der Waals surface area (Å²) in [6.07, 6.45) is 3.39. The van der Waals surface area contributed by atoms with Crippen molar-refractivity contribution in [2.24, 2.45) is 10.9 Å². The first-order chi connectivity index (χ1) is 12.0. The van der Waals surface area contributed by atoms with Crippen LogP contribution < -0.4 is 5.32 Å². The molecule has 25 heavy (non-hydrogen) atoms. The summed E-state index contributed by atoms with van der Waals surface area (Å²) >= 11 is 0. The quantitative estimate of drug-likeness (QED) is 0.629. The molecule has 4 nitrogen and oxygen atoms in total. The minimum Gasteiger partial charge on any atom is -0.381 e. The van der Waals surface area contributed by atoms with Gasteiger partial charge in [0, 0.05) is 40.4 Å². The van der Waals surface area contributed by atoms with E-state index in [-0.39, 0.29) is 5.92 Å². The molecule has 0 spiro atoms. The highest BCUT2D eigenvalue weighted by Gasteiger charge is 2.16. The van der Waals surface area contributed by atoms with Crippen molar-refractivity contribution >= 4 is 5.96 Å². The fourth-order valence-corrected chi connectivity index (χ4v) is 3.08. The second-order valence-electron chi connectivity index (χ2n) is 6.77. The molecule has 1 fully saturated rings. The largest absolute Gasteiger partial charge is 0.381 e. The van der Waals surface area contributed by atoms with Crippen LogP contribution in [0.4, 0.5) is 8.78 Å². The maximum Gasteiger partial charge on any atom is 0.193 e. The molecule has 0 saturated carbocycles. The van der Waals surface area contributed by atoms with Crippen molar-refractivity contribution in [2.45, 2.75) is 32.1 Å². The van der Waals surface area contributed by atoms with Gasteiger partial charge >= 0.3 is 0 Å². The number of benzene rings is 1. The summed E-state index contributed by atoms with van der Waals surface area (Å²) < 4.78 is 31.8. The van der Waals surface area contributed by atoms with Crippen molar-refractivity contribution in [3.8, 4) is 0 Å². The fraction of sp³-hybridized carbons (Fsp3) is 0.632. The van der Waals surface area contributed by atoms with E-state index >= 15 is 0 Å². The van der Waals surface area contributed by atoms with Gasteiger partial charge in [-0.05, 0) is 48.8 Å². The lowest BCUT2D eigenvalue weighted by atomic mass is 9.96. The van der Waals surface area contributed by atoms with E-state index in [1.54, 1.807) is 13.1 Å². The van der Waals surface area contributed by atoms with Crippen LogP contribution in [0.2, 0.25) is 0 Å². The first-order valence-corrected chi connectivity index (χ1v) is 8.95. The van der Waals surface area contributed by atoms with E-state index in [1.807, 2.05) is 14.0 Å². The summed E-state index contributed by atoms with van der Waals surface area (Å²) in [6.45, 7) is 5.26. The maximum absolute atomic E-state index is 13.4. The molecule has 0 aromatic heterocycles. The molecule has 1 aromatic rings. The summed E-state index contributed by atoms with van der Waals surface area (Å²) in [7, 11) is 3.78. The second-order valence-corrected chi connectivity index (χ2v) is 6.77. The number of nitrogens with one attached hydrogen (secondary N) is 1. The van der Waals surface area contributed by atoms with Crippen LogP contribution >= 0.6 is 0 Å². The Labute approximate surface area is 149 Å². The van der Waals surface area contributed by atoms with Crippen molar-refractivity contribution in [1.82, 2.24) is 10.2 Å². The van der Waals surface area contributed by atoms with Gasteiger partial charge in [0.05, 0.1) is 0 Å². The predicted octanol–water partition coefficient (Wildman–Crippen LogP) is 3.39. The first-order valence-electron chi connectivity index (χ1n) is 8.95. The van der Waals surface area contributed by atoms with E-state index in [4.69, 9.17) is 4.74 Å². The highest BCUT2D eigenvalue weighted by molar-refractivity contribution is 5.79. The number of hydrogen-bond acceptors (Lipinski definition) is 2. The van der Waals surface area contributed by atoms with Gasteiger partial charge in [-0.15, -0.1) is 0 Å². The van der Waals surface area contributed by atoms with Gasteiger partial charge in [0.2, 0.25) is 0 Å². The highest BCUT2D eigenvalue weighted by atomic mass is 19.2. The van der Waals surface area contributed by atoms with Crippen LogP contribution in [0.1, 0.15) is 37.7 Å². The number of aliphatic imine (C=N–C) groups is 1. The van der Waals surface area contributed by atoms with Crippen LogP contribution in [0, 0.1) is 17.6 Å². The van der Waals surface area contributed by atoms with Gasteiger partial charge in [-0.1, -0.05) is 13.0 Å². The van der Waals surface area contributed by atoms with Crippen LogP contribution in [-0.2, 0) is 4.74 Å². The number of rotatable bonds is 6. The first kappa shape index (κ1) is 19.6. The molecule has 0 aliphatic carbocycles. The summed E-state index contributed by atoms with van der Waals surface area (Å²) in [6, 6.07) is 4.07. The average Bonchev–Trinajstić information content (AvgIpc) is 2.63.